The average Bonchev–Trinajstić information content (AvgIpc) is 2.35. The van der Waals surface area contributed by atoms with Crippen LogP contribution in [0.15, 0.2) is 37.0 Å². The molecule has 0 aliphatic rings. The van der Waals surface area contributed by atoms with Gasteiger partial charge in [-0.05, 0) is 32.1 Å². The second-order valence-corrected chi connectivity index (χ2v) is 4.61. The third kappa shape index (κ3) is 15.2. The van der Waals surface area contributed by atoms with Crippen LogP contribution in [0.1, 0.15) is 71.1 Å². The van der Waals surface area contributed by atoms with E-state index in [0.717, 1.165) is 6.42 Å². The van der Waals surface area contributed by atoms with Gasteiger partial charge in [-0.2, -0.15) is 0 Å². The lowest BCUT2D eigenvalue weighted by Crippen LogP contribution is -1.80. The quantitative estimate of drug-likeness (QED) is 0.214. The molecule has 0 aliphatic carbocycles. The summed E-state index contributed by atoms with van der Waals surface area (Å²) >= 11 is 0. The lowest BCUT2D eigenvalue weighted by Gasteiger charge is -1.99. The Labute approximate surface area is 109 Å². The summed E-state index contributed by atoms with van der Waals surface area (Å²) in [5.74, 6) is 0. The van der Waals surface area contributed by atoms with Gasteiger partial charge in [0.05, 0.1) is 0 Å². The van der Waals surface area contributed by atoms with Crippen LogP contribution in [0, 0.1) is 0 Å². The van der Waals surface area contributed by atoms with Crippen LogP contribution < -0.4 is 0 Å². The fourth-order valence-corrected chi connectivity index (χ4v) is 1.82. The molecule has 0 spiro atoms. The van der Waals surface area contributed by atoms with Crippen molar-refractivity contribution in [2.24, 2.45) is 0 Å². The van der Waals surface area contributed by atoms with E-state index in [9.17, 15) is 0 Å². The van der Waals surface area contributed by atoms with Crippen molar-refractivity contribution in [3.8, 4) is 0 Å². The van der Waals surface area contributed by atoms with Crippen molar-refractivity contribution >= 4 is 0 Å². The number of rotatable bonds is 12. The SMILES string of the molecule is C=CCCCCCCCCC/C=C\C=C/CC. The van der Waals surface area contributed by atoms with Crippen LogP contribution in [0.4, 0.5) is 0 Å². The number of hydrogen-bond donors (Lipinski definition) is 0. The van der Waals surface area contributed by atoms with Gasteiger partial charge in [-0.3, -0.25) is 0 Å². The summed E-state index contributed by atoms with van der Waals surface area (Å²) in [6, 6.07) is 0. The van der Waals surface area contributed by atoms with Crippen molar-refractivity contribution in [2.75, 3.05) is 0 Å². The third-order valence-electron chi connectivity index (χ3n) is 2.90. The fraction of sp³-hybridized carbons (Fsp3) is 0.647. The van der Waals surface area contributed by atoms with Gasteiger partial charge >= 0.3 is 0 Å². The lowest BCUT2D eigenvalue weighted by atomic mass is 10.1. The second-order valence-electron chi connectivity index (χ2n) is 4.61. The Hall–Kier alpha value is -0.780. The first-order valence-corrected chi connectivity index (χ1v) is 7.34. The minimum absolute atomic E-state index is 1.14. The molecule has 0 aromatic heterocycles. The molecule has 0 aromatic rings. The molecule has 0 saturated carbocycles. The normalized spacial score (nSPS) is 11.6. The first kappa shape index (κ1) is 16.2. The van der Waals surface area contributed by atoms with E-state index in [1.54, 1.807) is 0 Å². The highest BCUT2D eigenvalue weighted by molar-refractivity contribution is 5.01. The smallest absolute Gasteiger partial charge is 0.0348 e. The molecule has 0 atom stereocenters. The van der Waals surface area contributed by atoms with E-state index in [4.69, 9.17) is 0 Å². The molecule has 0 amide bonds. The van der Waals surface area contributed by atoms with Crippen LogP contribution in [-0.2, 0) is 0 Å². The maximum absolute atomic E-state index is 3.74. The van der Waals surface area contributed by atoms with Crippen molar-refractivity contribution in [2.45, 2.75) is 71.1 Å². The summed E-state index contributed by atoms with van der Waals surface area (Å²) in [5.41, 5.74) is 0. The minimum Gasteiger partial charge on any atom is -0.103 e. The number of allylic oxidation sites excluding steroid dienone is 5. The van der Waals surface area contributed by atoms with Gasteiger partial charge in [0.1, 0.15) is 0 Å². The van der Waals surface area contributed by atoms with Gasteiger partial charge in [0.2, 0.25) is 0 Å². The maximum Gasteiger partial charge on any atom is -0.0348 e. The van der Waals surface area contributed by atoms with E-state index >= 15 is 0 Å². The fourth-order valence-electron chi connectivity index (χ4n) is 1.82. The summed E-state index contributed by atoms with van der Waals surface area (Å²) in [5, 5.41) is 0. The Morgan fingerprint density at radius 1 is 0.706 bits per heavy atom. The molecule has 0 radical (unpaired) electrons. The molecule has 98 valence electrons. The Balaban J connectivity index is 3.05. The summed E-state index contributed by atoms with van der Waals surface area (Å²) in [4.78, 5) is 0. The average molecular weight is 234 g/mol. The summed E-state index contributed by atoms with van der Waals surface area (Å²) in [7, 11) is 0. The van der Waals surface area contributed by atoms with Crippen molar-refractivity contribution in [1.82, 2.24) is 0 Å². The molecule has 0 saturated heterocycles. The van der Waals surface area contributed by atoms with Gasteiger partial charge in [-0.15, -0.1) is 6.58 Å². The van der Waals surface area contributed by atoms with Gasteiger partial charge < -0.3 is 0 Å². The second kappa shape index (κ2) is 15.2. The van der Waals surface area contributed by atoms with Gasteiger partial charge in [0.25, 0.3) is 0 Å². The van der Waals surface area contributed by atoms with Crippen LogP contribution in [-0.4, -0.2) is 0 Å². The Kier molecular flexibility index (Phi) is 14.5. The van der Waals surface area contributed by atoms with Crippen LogP contribution in [0.3, 0.4) is 0 Å². The lowest BCUT2D eigenvalue weighted by molar-refractivity contribution is 0.584. The third-order valence-corrected chi connectivity index (χ3v) is 2.90. The molecule has 0 heterocycles. The molecule has 0 heteroatoms. The van der Waals surface area contributed by atoms with E-state index < -0.39 is 0 Å². The van der Waals surface area contributed by atoms with Gasteiger partial charge in [-0.1, -0.05) is 69.4 Å². The molecular weight excluding hydrogens is 204 g/mol. The molecule has 0 aromatic carbocycles. The number of unbranched alkanes of at least 4 members (excludes halogenated alkanes) is 8. The standard InChI is InChI=1S/C17H30/c1-3-5-7-9-11-13-15-17-16-14-12-10-8-6-4-2/h3,6,8,10,12H,1,4-5,7,9,11,13-17H2,2H3/b8-6-,12-10-. The Bertz CT molecular complexity index is 198. The molecular formula is C17H30. The van der Waals surface area contributed by atoms with Crippen LogP contribution in [0.2, 0.25) is 0 Å². The first-order chi connectivity index (χ1) is 8.41. The van der Waals surface area contributed by atoms with Crippen LogP contribution in [0.5, 0.6) is 0 Å². The highest BCUT2D eigenvalue weighted by atomic mass is 14.0. The van der Waals surface area contributed by atoms with Crippen molar-refractivity contribution in [1.29, 1.82) is 0 Å². The van der Waals surface area contributed by atoms with Crippen molar-refractivity contribution in [3.63, 3.8) is 0 Å². The predicted molar refractivity (Wildman–Crippen MR) is 80.3 cm³/mol. The Morgan fingerprint density at radius 2 is 1.24 bits per heavy atom. The van der Waals surface area contributed by atoms with Crippen LogP contribution in [0.25, 0.3) is 0 Å². The minimum atomic E-state index is 1.14. The molecule has 0 unspecified atom stereocenters. The van der Waals surface area contributed by atoms with Crippen LogP contribution >= 0.6 is 0 Å². The van der Waals surface area contributed by atoms with E-state index in [2.05, 4.69) is 37.8 Å². The topological polar surface area (TPSA) is 0 Å². The predicted octanol–water partition coefficient (Wildman–Crippen LogP) is 6.21. The van der Waals surface area contributed by atoms with E-state index in [1.807, 2.05) is 6.08 Å². The summed E-state index contributed by atoms with van der Waals surface area (Å²) < 4.78 is 0. The van der Waals surface area contributed by atoms with Gasteiger partial charge in [-0.25, -0.2) is 0 Å². The molecule has 0 fully saturated rings. The monoisotopic (exact) mass is 234 g/mol. The molecule has 0 bridgehead atoms. The van der Waals surface area contributed by atoms with Crippen molar-refractivity contribution in [3.05, 3.63) is 37.0 Å². The largest absolute Gasteiger partial charge is 0.103 e. The Morgan fingerprint density at radius 3 is 1.82 bits per heavy atom. The van der Waals surface area contributed by atoms with E-state index in [1.165, 1.54) is 57.8 Å². The molecule has 0 rings (SSSR count). The zero-order valence-corrected chi connectivity index (χ0v) is 11.7. The highest BCUT2D eigenvalue weighted by Crippen LogP contribution is 2.09. The zero-order chi connectivity index (χ0) is 12.6. The van der Waals surface area contributed by atoms with E-state index in [0.29, 0.717) is 0 Å². The number of hydrogen-bond acceptors (Lipinski definition) is 0. The van der Waals surface area contributed by atoms with Gasteiger partial charge in [0, 0.05) is 0 Å². The van der Waals surface area contributed by atoms with E-state index in [-0.39, 0.29) is 0 Å². The molecule has 0 aliphatic heterocycles. The summed E-state index contributed by atoms with van der Waals surface area (Å²) in [6.07, 6.45) is 24.1. The first-order valence-electron chi connectivity index (χ1n) is 7.34. The van der Waals surface area contributed by atoms with Crippen molar-refractivity contribution < 1.29 is 0 Å². The molecule has 0 N–H and O–H groups in total. The zero-order valence-electron chi connectivity index (χ0n) is 11.7. The van der Waals surface area contributed by atoms with Gasteiger partial charge in [0.15, 0.2) is 0 Å². The maximum atomic E-state index is 3.74. The summed E-state index contributed by atoms with van der Waals surface area (Å²) in [6.45, 7) is 5.91. The highest BCUT2D eigenvalue weighted by Gasteiger charge is 1.90. The molecule has 17 heavy (non-hydrogen) atoms. The molecule has 0 nitrogen and oxygen atoms in total.